The normalized spacial score (nSPS) is 16.7. The number of nitrogens with zero attached hydrogens (tertiary/aromatic N) is 1. The second-order valence-corrected chi connectivity index (χ2v) is 6.98. The van der Waals surface area contributed by atoms with Gasteiger partial charge in [-0.3, -0.25) is 9.59 Å². The van der Waals surface area contributed by atoms with E-state index in [0.717, 1.165) is 30.7 Å². The summed E-state index contributed by atoms with van der Waals surface area (Å²) in [7, 11) is 0. The number of carbonyl (C=O) groups is 2. The molecule has 1 fully saturated rings. The molecular formula is C17H23NO4S. The summed E-state index contributed by atoms with van der Waals surface area (Å²) in [5, 5.41) is 9.14. The third kappa shape index (κ3) is 6.60. The fourth-order valence-corrected chi connectivity index (χ4v) is 3.66. The van der Waals surface area contributed by atoms with Gasteiger partial charge in [0.15, 0.2) is 0 Å². The van der Waals surface area contributed by atoms with Gasteiger partial charge in [0.05, 0.1) is 5.03 Å². The summed E-state index contributed by atoms with van der Waals surface area (Å²) in [4.78, 5) is 27.4. The molecule has 23 heavy (non-hydrogen) atoms. The highest BCUT2D eigenvalue weighted by molar-refractivity contribution is 8.00. The molecule has 0 aliphatic heterocycles. The number of ether oxygens (including phenoxy) is 1. The van der Waals surface area contributed by atoms with E-state index in [0.29, 0.717) is 12.8 Å². The van der Waals surface area contributed by atoms with Crippen molar-refractivity contribution in [1.29, 1.82) is 0 Å². The Hall–Kier alpha value is -1.56. The summed E-state index contributed by atoms with van der Waals surface area (Å²) in [5.41, 5.74) is 0. The molecule has 0 amide bonds. The van der Waals surface area contributed by atoms with Crippen molar-refractivity contribution in [3.8, 4) is 0 Å². The zero-order chi connectivity index (χ0) is 16.5. The van der Waals surface area contributed by atoms with Crippen LogP contribution in [0.25, 0.3) is 0 Å². The summed E-state index contributed by atoms with van der Waals surface area (Å²) in [6.07, 6.45) is 7.99. The topological polar surface area (TPSA) is 76.5 Å². The van der Waals surface area contributed by atoms with Gasteiger partial charge in [-0.25, -0.2) is 4.98 Å². The molecular weight excluding hydrogens is 314 g/mol. The quantitative estimate of drug-likeness (QED) is 0.576. The molecule has 0 bridgehead atoms. The van der Waals surface area contributed by atoms with Gasteiger partial charge in [-0.15, -0.1) is 0 Å². The van der Waals surface area contributed by atoms with Crippen molar-refractivity contribution in [3.05, 3.63) is 24.4 Å². The molecule has 1 atom stereocenters. The summed E-state index contributed by atoms with van der Waals surface area (Å²) in [6, 6.07) is 5.54. The van der Waals surface area contributed by atoms with Crippen molar-refractivity contribution in [2.45, 2.75) is 67.7 Å². The van der Waals surface area contributed by atoms with Crippen LogP contribution >= 0.6 is 11.8 Å². The highest BCUT2D eigenvalue weighted by Gasteiger charge is 2.26. The number of carboxylic acid groups (broad SMARTS) is 1. The zero-order valence-corrected chi connectivity index (χ0v) is 14.0. The number of carbonyl (C=O) groups excluding carboxylic acids is 1. The minimum Gasteiger partial charge on any atom is -0.481 e. The molecule has 1 aromatic heterocycles. The molecule has 1 aliphatic carbocycles. The van der Waals surface area contributed by atoms with Crippen LogP contribution in [0.2, 0.25) is 0 Å². The Labute approximate surface area is 140 Å². The minimum absolute atomic E-state index is 0.0163. The maximum absolute atomic E-state index is 12.5. The number of rotatable bonds is 8. The molecule has 1 saturated carbocycles. The molecule has 1 unspecified atom stereocenters. The molecule has 6 heteroatoms. The molecule has 1 heterocycles. The molecule has 5 nitrogen and oxygen atoms in total. The van der Waals surface area contributed by atoms with Gasteiger partial charge in [0, 0.05) is 12.6 Å². The van der Waals surface area contributed by atoms with Crippen LogP contribution in [0.3, 0.4) is 0 Å². The van der Waals surface area contributed by atoms with Crippen LogP contribution in [0.15, 0.2) is 29.4 Å². The van der Waals surface area contributed by atoms with Crippen molar-refractivity contribution in [1.82, 2.24) is 4.98 Å². The second-order valence-electron chi connectivity index (χ2n) is 5.76. The summed E-state index contributed by atoms with van der Waals surface area (Å²) in [6.45, 7) is 0. The number of aromatic nitrogens is 1. The van der Waals surface area contributed by atoms with E-state index >= 15 is 0 Å². The van der Waals surface area contributed by atoms with E-state index in [1.165, 1.54) is 18.2 Å². The summed E-state index contributed by atoms with van der Waals surface area (Å²) in [5.74, 6) is -1.08. The van der Waals surface area contributed by atoms with Crippen LogP contribution in [0.4, 0.5) is 0 Å². The van der Waals surface area contributed by atoms with E-state index in [2.05, 4.69) is 4.98 Å². The van der Waals surface area contributed by atoms with Crippen molar-refractivity contribution in [3.63, 3.8) is 0 Å². The third-order valence-electron chi connectivity index (χ3n) is 3.86. The van der Waals surface area contributed by atoms with Gasteiger partial charge in [0.1, 0.15) is 11.4 Å². The lowest BCUT2D eigenvalue weighted by atomic mass is 9.98. The lowest BCUT2D eigenvalue weighted by Gasteiger charge is -2.24. The zero-order valence-electron chi connectivity index (χ0n) is 13.1. The number of esters is 1. The van der Waals surface area contributed by atoms with Gasteiger partial charge in [-0.05, 0) is 50.7 Å². The van der Waals surface area contributed by atoms with Gasteiger partial charge in [0.2, 0.25) is 0 Å². The third-order valence-corrected chi connectivity index (χ3v) is 5.05. The predicted octanol–water partition coefficient (Wildman–Crippen LogP) is 3.67. The molecule has 1 aliphatic rings. The summed E-state index contributed by atoms with van der Waals surface area (Å²) >= 11 is 1.36. The van der Waals surface area contributed by atoms with Gasteiger partial charge >= 0.3 is 11.9 Å². The second kappa shape index (κ2) is 9.55. The minimum atomic E-state index is -0.841. The highest BCUT2D eigenvalue weighted by atomic mass is 32.2. The number of aliphatic carboxylic acids is 1. The van der Waals surface area contributed by atoms with E-state index in [1.807, 2.05) is 18.2 Å². The first-order valence-corrected chi connectivity index (χ1v) is 9.03. The molecule has 0 spiro atoms. The van der Waals surface area contributed by atoms with Crippen LogP contribution in [0.5, 0.6) is 0 Å². The molecule has 0 saturated heterocycles. The van der Waals surface area contributed by atoms with Gasteiger partial charge in [-0.2, -0.15) is 0 Å². The first-order valence-electron chi connectivity index (χ1n) is 8.15. The number of hydrogen-bond acceptors (Lipinski definition) is 5. The number of thioether (sulfide) groups is 1. The Morgan fingerprint density at radius 2 is 2.09 bits per heavy atom. The molecule has 1 aromatic rings. The average Bonchev–Trinajstić information content (AvgIpc) is 2.55. The molecule has 0 aromatic carbocycles. The van der Waals surface area contributed by atoms with Gasteiger partial charge in [0.25, 0.3) is 0 Å². The molecule has 126 valence electrons. The van der Waals surface area contributed by atoms with Crippen LogP contribution in [-0.2, 0) is 14.3 Å². The maximum Gasteiger partial charge on any atom is 0.319 e. The lowest BCUT2D eigenvalue weighted by molar-refractivity contribution is -0.150. The van der Waals surface area contributed by atoms with E-state index in [9.17, 15) is 9.59 Å². The fraction of sp³-hybridized carbons (Fsp3) is 0.588. The Bertz CT molecular complexity index is 503. The smallest absolute Gasteiger partial charge is 0.319 e. The predicted molar refractivity (Wildman–Crippen MR) is 88.3 cm³/mol. The standard InChI is InChI=1S/C17H23NO4S/c19-16(20)11-6-9-14(23-15-10-4-5-12-18-15)17(21)22-13-7-2-1-3-8-13/h4-5,10,12-14H,1-3,6-9,11H2,(H,19,20). The van der Waals surface area contributed by atoms with Gasteiger partial charge in [-0.1, -0.05) is 24.2 Å². The highest BCUT2D eigenvalue weighted by Crippen LogP contribution is 2.28. The maximum atomic E-state index is 12.5. The van der Waals surface area contributed by atoms with Crippen LogP contribution in [0.1, 0.15) is 51.4 Å². The van der Waals surface area contributed by atoms with E-state index in [1.54, 1.807) is 6.20 Å². The largest absolute Gasteiger partial charge is 0.481 e. The molecule has 0 radical (unpaired) electrons. The average molecular weight is 337 g/mol. The number of pyridine rings is 1. The van der Waals surface area contributed by atoms with E-state index < -0.39 is 11.2 Å². The number of carboxylic acids is 1. The van der Waals surface area contributed by atoms with Gasteiger partial charge < -0.3 is 9.84 Å². The Balaban J connectivity index is 1.93. The summed E-state index contributed by atoms with van der Waals surface area (Å²) < 4.78 is 5.65. The lowest BCUT2D eigenvalue weighted by Crippen LogP contribution is -2.28. The first kappa shape index (κ1) is 17.8. The Morgan fingerprint density at radius 1 is 1.30 bits per heavy atom. The Kier molecular flexibility index (Phi) is 7.39. The SMILES string of the molecule is O=C(O)CCCC(Sc1ccccn1)C(=O)OC1CCCCC1. The van der Waals surface area contributed by atoms with Crippen molar-refractivity contribution in [2.24, 2.45) is 0 Å². The molecule has 2 rings (SSSR count). The molecule has 1 N–H and O–H groups in total. The Morgan fingerprint density at radius 3 is 2.74 bits per heavy atom. The van der Waals surface area contributed by atoms with E-state index in [4.69, 9.17) is 9.84 Å². The van der Waals surface area contributed by atoms with Crippen LogP contribution < -0.4 is 0 Å². The fourth-order valence-electron chi connectivity index (χ4n) is 2.65. The number of hydrogen-bond donors (Lipinski definition) is 1. The van der Waals surface area contributed by atoms with Crippen LogP contribution in [0, 0.1) is 0 Å². The van der Waals surface area contributed by atoms with Crippen molar-refractivity contribution in [2.75, 3.05) is 0 Å². The van der Waals surface area contributed by atoms with Crippen LogP contribution in [-0.4, -0.2) is 33.4 Å². The first-order chi connectivity index (χ1) is 11.1. The monoisotopic (exact) mass is 337 g/mol. The van der Waals surface area contributed by atoms with Crippen molar-refractivity contribution < 1.29 is 19.4 Å². The van der Waals surface area contributed by atoms with E-state index in [-0.39, 0.29) is 18.5 Å². The van der Waals surface area contributed by atoms with Crippen molar-refractivity contribution >= 4 is 23.7 Å².